The smallest absolute Gasteiger partial charge is 0.343 e. The van der Waals surface area contributed by atoms with Gasteiger partial charge in [-0.3, -0.25) is 0 Å². The molecule has 46 heavy (non-hydrogen) atoms. The van der Waals surface area contributed by atoms with Gasteiger partial charge in [-0.05, 0) is 73.2 Å². The summed E-state index contributed by atoms with van der Waals surface area (Å²) in [6.45, 7) is 4.67. The first-order valence-corrected chi connectivity index (χ1v) is 15.9. The van der Waals surface area contributed by atoms with Gasteiger partial charge in [0.1, 0.15) is 54.0 Å². The van der Waals surface area contributed by atoms with Crippen molar-refractivity contribution in [3.8, 4) is 23.0 Å². The van der Waals surface area contributed by atoms with Crippen LogP contribution in [-0.2, 0) is 14.2 Å². The lowest BCUT2D eigenvalue weighted by Gasteiger charge is -2.13. The van der Waals surface area contributed by atoms with Crippen LogP contribution in [0.25, 0.3) is 0 Å². The van der Waals surface area contributed by atoms with Crippen molar-refractivity contribution in [1.82, 2.24) is 0 Å². The van der Waals surface area contributed by atoms with Crippen LogP contribution in [0, 0.1) is 0 Å². The fourth-order valence-corrected chi connectivity index (χ4v) is 4.53. The number of carbonyl (C=O) groups is 3. The molecule has 0 saturated carbocycles. The second kappa shape index (κ2) is 16.8. The summed E-state index contributed by atoms with van der Waals surface area (Å²) >= 11 is 0. The van der Waals surface area contributed by atoms with E-state index >= 15 is 0 Å². The molecular formula is C36H40O10. The number of ether oxygens (including phenoxy) is 7. The van der Waals surface area contributed by atoms with Crippen molar-refractivity contribution in [1.29, 1.82) is 0 Å². The summed E-state index contributed by atoms with van der Waals surface area (Å²) in [5, 5.41) is 0. The Labute approximate surface area is 268 Å². The van der Waals surface area contributed by atoms with Gasteiger partial charge in [0.15, 0.2) is 0 Å². The summed E-state index contributed by atoms with van der Waals surface area (Å²) < 4.78 is 38.2. The molecule has 0 aromatic heterocycles. The van der Waals surface area contributed by atoms with E-state index in [2.05, 4.69) is 6.92 Å². The van der Waals surface area contributed by atoms with Crippen molar-refractivity contribution in [2.45, 2.75) is 64.1 Å². The zero-order valence-electron chi connectivity index (χ0n) is 26.1. The predicted octanol–water partition coefficient (Wildman–Crippen LogP) is 6.59. The number of hydrogen-bond donors (Lipinski definition) is 0. The van der Waals surface area contributed by atoms with Gasteiger partial charge in [0.25, 0.3) is 0 Å². The standard InChI is InChI=1S/C36H40O10/c1-2-3-4-5-6-7-8-19-40-36(39)32-20-29(45-34(37)25-9-13-27(14-10-25)41-21-30-23-43-30)17-18-33(32)46-35(38)26-11-15-28(16-12-26)42-22-31-24-44-31/h9-18,20,30-31H,2-8,19,21-24H2,1H3. The Morgan fingerprint density at radius 3 is 1.67 bits per heavy atom. The molecule has 2 unspecified atom stereocenters. The molecule has 0 bridgehead atoms. The Morgan fingerprint density at radius 2 is 1.13 bits per heavy atom. The van der Waals surface area contributed by atoms with Gasteiger partial charge < -0.3 is 33.2 Å². The number of esters is 3. The number of carbonyl (C=O) groups excluding carboxylic acids is 3. The lowest BCUT2D eigenvalue weighted by Crippen LogP contribution is -2.15. The van der Waals surface area contributed by atoms with Gasteiger partial charge in [0.2, 0.25) is 0 Å². The fraction of sp³-hybridized carbons (Fsp3) is 0.417. The van der Waals surface area contributed by atoms with Crippen LogP contribution in [-0.4, -0.2) is 63.2 Å². The molecule has 0 N–H and O–H groups in total. The normalized spacial score (nSPS) is 16.3. The third-order valence-corrected chi connectivity index (χ3v) is 7.42. The first-order valence-electron chi connectivity index (χ1n) is 15.9. The Morgan fingerprint density at radius 1 is 0.630 bits per heavy atom. The van der Waals surface area contributed by atoms with Crippen LogP contribution < -0.4 is 18.9 Å². The maximum Gasteiger partial charge on any atom is 0.343 e. The van der Waals surface area contributed by atoms with Crippen LogP contribution in [0.2, 0.25) is 0 Å². The van der Waals surface area contributed by atoms with E-state index in [1.807, 2.05) is 0 Å². The van der Waals surface area contributed by atoms with Crippen LogP contribution >= 0.6 is 0 Å². The minimum absolute atomic E-state index is 0.0123. The van der Waals surface area contributed by atoms with Crippen LogP contribution in [0.5, 0.6) is 23.0 Å². The van der Waals surface area contributed by atoms with E-state index in [0.717, 1.165) is 25.7 Å². The number of hydrogen-bond acceptors (Lipinski definition) is 10. The lowest BCUT2D eigenvalue weighted by molar-refractivity contribution is 0.0490. The van der Waals surface area contributed by atoms with Gasteiger partial charge in [-0.15, -0.1) is 0 Å². The molecule has 3 aromatic carbocycles. The van der Waals surface area contributed by atoms with E-state index < -0.39 is 17.9 Å². The maximum absolute atomic E-state index is 13.2. The molecule has 0 spiro atoms. The molecule has 2 fully saturated rings. The molecule has 2 heterocycles. The Bertz CT molecular complexity index is 1440. The third kappa shape index (κ3) is 10.6. The third-order valence-electron chi connectivity index (χ3n) is 7.42. The molecule has 2 saturated heterocycles. The van der Waals surface area contributed by atoms with Crippen LogP contribution in [0.15, 0.2) is 66.7 Å². The first kappa shape index (κ1) is 33.0. The molecule has 244 valence electrons. The van der Waals surface area contributed by atoms with Crippen LogP contribution in [0.1, 0.15) is 82.9 Å². The molecule has 10 nitrogen and oxygen atoms in total. The van der Waals surface area contributed by atoms with Crippen molar-refractivity contribution >= 4 is 17.9 Å². The first-order chi connectivity index (χ1) is 22.5. The highest BCUT2D eigenvalue weighted by Gasteiger charge is 2.24. The van der Waals surface area contributed by atoms with E-state index in [0.29, 0.717) is 43.5 Å². The Hall–Kier alpha value is -4.41. The van der Waals surface area contributed by atoms with Gasteiger partial charge in [-0.2, -0.15) is 0 Å². The Kier molecular flexibility index (Phi) is 12.0. The highest BCUT2D eigenvalue weighted by molar-refractivity contribution is 5.97. The summed E-state index contributed by atoms with van der Waals surface area (Å²) in [4.78, 5) is 39.1. The zero-order chi connectivity index (χ0) is 32.1. The molecule has 5 rings (SSSR count). The summed E-state index contributed by atoms with van der Waals surface area (Å²) in [6.07, 6.45) is 7.75. The van der Waals surface area contributed by atoms with Gasteiger partial charge in [0.05, 0.1) is 30.9 Å². The quantitative estimate of drug-likeness (QED) is 0.0619. The number of rotatable bonds is 19. The topological polar surface area (TPSA) is 122 Å². The molecule has 0 radical (unpaired) electrons. The van der Waals surface area contributed by atoms with Crippen molar-refractivity contribution in [2.75, 3.05) is 33.0 Å². The highest BCUT2D eigenvalue weighted by Crippen LogP contribution is 2.28. The monoisotopic (exact) mass is 632 g/mol. The summed E-state index contributed by atoms with van der Waals surface area (Å²) in [6, 6.07) is 17.2. The number of benzene rings is 3. The average Bonchev–Trinajstić information content (AvgIpc) is 4.01. The zero-order valence-corrected chi connectivity index (χ0v) is 26.1. The van der Waals surface area contributed by atoms with Crippen molar-refractivity contribution in [3.63, 3.8) is 0 Å². The van der Waals surface area contributed by atoms with Gasteiger partial charge in [0, 0.05) is 0 Å². The SMILES string of the molecule is CCCCCCCCCOC(=O)c1cc(OC(=O)c2ccc(OCC3CO3)cc2)ccc1OC(=O)c1ccc(OCC2CO2)cc1. The van der Waals surface area contributed by atoms with Crippen LogP contribution in [0.4, 0.5) is 0 Å². The number of unbranched alkanes of at least 4 members (excludes halogenated alkanes) is 6. The minimum Gasteiger partial charge on any atom is -0.491 e. The summed E-state index contributed by atoms with van der Waals surface area (Å²) in [5.74, 6) is -0.680. The average molecular weight is 633 g/mol. The Balaban J connectivity index is 1.22. The number of epoxide rings is 2. The molecule has 2 atom stereocenters. The fourth-order valence-electron chi connectivity index (χ4n) is 4.53. The molecule has 3 aromatic rings. The largest absolute Gasteiger partial charge is 0.491 e. The van der Waals surface area contributed by atoms with E-state index in [-0.39, 0.29) is 41.4 Å². The second-order valence-corrected chi connectivity index (χ2v) is 11.3. The molecule has 2 aliphatic rings. The molecule has 10 heteroatoms. The van der Waals surface area contributed by atoms with Gasteiger partial charge >= 0.3 is 17.9 Å². The maximum atomic E-state index is 13.2. The summed E-state index contributed by atoms with van der Waals surface area (Å²) in [7, 11) is 0. The van der Waals surface area contributed by atoms with Crippen molar-refractivity contribution in [3.05, 3.63) is 83.4 Å². The van der Waals surface area contributed by atoms with Crippen molar-refractivity contribution < 1.29 is 47.5 Å². The van der Waals surface area contributed by atoms with E-state index in [4.69, 9.17) is 33.2 Å². The highest BCUT2D eigenvalue weighted by atomic mass is 16.6. The van der Waals surface area contributed by atoms with E-state index in [1.54, 1.807) is 48.5 Å². The minimum atomic E-state index is -0.682. The van der Waals surface area contributed by atoms with Crippen LogP contribution in [0.3, 0.4) is 0 Å². The predicted molar refractivity (Wildman–Crippen MR) is 168 cm³/mol. The van der Waals surface area contributed by atoms with Crippen molar-refractivity contribution in [2.24, 2.45) is 0 Å². The molecule has 0 amide bonds. The molecule has 2 aliphatic heterocycles. The summed E-state index contributed by atoms with van der Waals surface area (Å²) in [5.41, 5.74) is 0.535. The van der Waals surface area contributed by atoms with Gasteiger partial charge in [-0.1, -0.05) is 45.4 Å². The van der Waals surface area contributed by atoms with Gasteiger partial charge in [-0.25, -0.2) is 14.4 Å². The van der Waals surface area contributed by atoms with E-state index in [1.165, 1.54) is 37.5 Å². The lowest BCUT2D eigenvalue weighted by atomic mass is 10.1. The van der Waals surface area contributed by atoms with E-state index in [9.17, 15) is 14.4 Å². The molecule has 0 aliphatic carbocycles. The second-order valence-electron chi connectivity index (χ2n) is 11.3. The molecular weight excluding hydrogens is 592 g/mol.